The number of nitrogens with zero attached hydrogens (tertiary/aromatic N) is 2. The van der Waals surface area contributed by atoms with Gasteiger partial charge in [-0.1, -0.05) is 0 Å². The van der Waals surface area contributed by atoms with E-state index in [0.717, 1.165) is 75.8 Å². The molecule has 140 valence electrons. The average Bonchev–Trinajstić information content (AvgIpc) is 3.25. The standard InChI is InChI=1S/C21H28N2O3/c1-17-4-5-20(26-17)16-23-11-8-21(9-12-23)18(7-14-25-21)6-13-24-19-3-2-10-22-15-19/h2-5,10,15,18H,6-9,11-14,16H2,1H3. The molecule has 2 aliphatic rings. The van der Waals surface area contributed by atoms with Crippen LogP contribution in [0.4, 0.5) is 0 Å². The second kappa shape index (κ2) is 7.80. The van der Waals surface area contributed by atoms with Crippen LogP contribution in [0, 0.1) is 12.8 Å². The third kappa shape index (κ3) is 3.94. The minimum atomic E-state index is 0.0495. The summed E-state index contributed by atoms with van der Waals surface area (Å²) >= 11 is 0. The Balaban J connectivity index is 1.27. The van der Waals surface area contributed by atoms with Crippen molar-refractivity contribution in [1.82, 2.24) is 9.88 Å². The van der Waals surface area contributed by atoms with E-state index in [1.807, 2.05) is 25.1 Å². The van der Waals surface area contributed by atoms with Gasteiger partial charge in [0.2, 0.25) is 0 Å². The number of likely N-dealkylation sites (tertiary alicyclic amines) is 1. The van der Waals surface area contributed by atoms with E-state index in [4.69, 9.17) is 13.9 Å². The van der Waals surface area contributed by atoms with Crippen LogP contribution in [0.2, 0.25) is 0 Å². The molecule has 2 saturated heterocycles. The zero-order chi connectivity index (χ0) is 17.8. The van der Waals surface area contributed by atoms with Crippen LogP contribution in [0.15, 0.2) is 41.1 Å². The Hall–Kier alpha value is -1.85. The molecule has 1 spiro atoms. The van der Waals surface area contributed by atoms with Crippen molar-refractivity contribution < 1.29 is 13.9 Å². The molecule has 0 aromatic carbocycles. The summed E-state index contributed by atoms with van der Waals surface area (Å²) in [5.41, 5.74) is 0.0495. The van der Waals surface area contributed by atoms with E-state index in [9.17, 15) is 0 Å². The van der Waals surface area contributed by atoms with Crippen LogP contribution in [-0.2, 0) is 11.3 Å². The van der Waals surface area contributed by atoms with Crippen molar-refractivity contribution in [2.45, 2.75) is 44.8 Å². The number of furan rings is 1. The minimum absolute atomic E-state index is 0.0495. The molecule has 26 heavy (non-hydrogen) atoms. The van der Waals surface area contributed by atoms with Gasteiger partial charge in [0.15, 0.2) is 0 Å². The average molecular weight is 356 g/mol. The molecule has 0 aliphatic carbocycles. The summed E-state index contributed by atoms with van der Waals surface area (Å²) in [6.07, 6.45) is 7.94. The monoisotopic (exact) mass is 356 g/mol. The van der Waals surface area contributed by atoms with Crippen molar-refractivity contribution in [2.24, 2.45) is 5.92 Å². The molecule has 0 N–H and O–H groups in total. The van der Waals surface area contributed by atoms with E-state index >= 15 is 0 Å². The van der Waals surface area contributed by atoms with Crippen molar-refractivity contribution in [1.29, 1.82) is 0 Å². The summed E-state index contributed by atoms with van der Waals surface area (Å²) < 4.78 is 17.9. The fourth-order valence-electron chi connectivity index (χ4n) is 4.38. The second-order valence-corrected chi connectivity index (χ2v) is 7.51. The molecule has 1 atom stereocenters. The summed E-state index contributed by atoms with van der Waals surface area (Å²) in [6, 6.07) is 8.00. The fraction of sp³-hybridized carbons (Fsp3) is 0.571. The molecule has 2 aromatic heterocycles. The highest BCUT2D eigenvalue weighted by atomic mass is 16.5. The van der Waals surface area contributed by atoms with E-state index in [0.29, 0.717) is 5.92 Å². The highest BCUT2D eigenvalue weighted by molar-refractivity contribution is 5.15. The van der Waals surface area contributed by atoms with Crippen LogP contribution in [0.1, 0.15) is 37.2 Å². The van der Waals surface area contributed by atoms with Gasteiger partial charge in [-0.15, -0.1) is 0 Å². The molecule has 5 nitrogen and oxygen atoms in total. The largest absolute Gasteiger partial charge is 0.492 e. The summed E-state index contributed by atoms with van der Waals surface area (Å²) in [6.45, 7) is 6.66. The molecule has 2 aromatic rings. The lowest BCUT2D eigenvalue weighted by Gasteiger charge is -2.42. The van der Waals surface area contributed by atoms with Gasteiger partial charge in [0.1, 0.15) is 17.3 Å². The van der Waals surface area contributed by atoms with Gasteiger partial charge in [0.05, 0.1) is 24.9 Å². The lowest BCUT2D eigenvalue weighted by Crippen LogP contribution is -2.47. The maximum atomic E-state index is 6.28. The number of hydrogen-bond donors (Lipinski definition) is 0. The molecule has 2 aliphatic heterocycles. The van der Waals surface area contributed by atoms with E-state index < -0.39 is 0 Å². The molecule has 1 unspecified atom stereocenters. The van der Waals surface area contributed by atoms with Crippen molar-refractivity contribution in [3.63, 3.8) is 0 Å². The first-order chi connectivity index (χ1) is 12.7. The highest BCUT2D eigenvalue weighted by Crippen LogP contribution is 2.42. The van der Waals surface area contributed by atoms with Crippen molar-refractivity contribution in [3.8, 4) is 5.75 Å². The molecule has 0 radical (unpaired) electrons. The minimum Gasteiger partial charge on any atom is -0.492 e. The van der Waals surface area contributed by atoms with Crippen LogP contribution in [-0.4, -0.2) is 41.8 Å². The zero-order valence-electron chi connectivity index (χ0n) is 15.5. The Morgan fingerprint density at radius 3 is 2.88 bits per heavy atom. The first-order valence-corrected chi connectivity index (χ1v) is 9.68. The first kappa shape index (κ1) is 17.6. The Morgan fingerprint density at radius 2 is 2.15 bits per heavy atom. The quantitative estimate of drug-likeness (QED) is 0.787. The Morgan fingerprint density at radius 1 is 1.27 bits per heavy atom. The molecular formula is C21H28N2O3. The molecule has 5 heteroatoms. The molecule has 4 heterocycles. The summed E-state index contributed by atoms with van der Waals surface area (Å²) in [5.74, 6) is 3.49. The van der Waals surface area contributed by atoms with E-state index in [2.05, 4.69) is 16.0 Å². The van der Waals surface area contributed by atoms with E-state index in [1.54, 1.807) is 12.4 Å². The van der Waals surface area contributed by atoms with Crippen molar-refractivity contribution >= 4 is 0 Å². The van der Waals surface area contributed by atoms with Crippen LogP contribution >= 0.6 is 0 Å². The van der Waals surface area contributed by atoms with Gasteiger partial charge in [-0.05, 0) is 62.8 Å². The number of piperidine rings is 1. The maximum absolute atomic E-state index is 6.28. The van der Waals surface area contributed by atoms with Crippen LogP contribution in [0.5, 0.6) is 5.75 Å². The SMILES string of the molecule is Cc1ccc(CN2CCC3(CC2)OCCC3CCOc2cccnc2)o1. The third-order valence-corrected chi connectivity index (χ3v) is 5.85. The molecule has 0 amide bonds. The van der Waals surface area contributed by atoms with Gasteiger partial charge < -0.3 is 13.9 Å². The topological polar surface area (TPSA) is 47.7 Å². The zero-order valence-corrected chi connectivity index (χ0v) is 15.5. The molecule has 4 rings (SSSR count). The fourth-order valence-corrected chi connectivity index (χ4v) is 4.38. The van der Waals surface area contributed by atoms with Gasteiger partial charge in [0.25, 0.3) is 0 Å². The maximum Gasteiger partial charge on any atom is 0.137 e. The number of pyridine rings is 1. The summed E-state index contributed by atoms with van der Waals surface area (Å²) in [7, 11) is 0. The van der Waals surface area contributed by atoms with Crippen molar-refractivity contribution in [3.05, 3.63) is 48.2 Å². The van der Waals surface area contributed by atoms with Crippen LogP contribution in [0.25, 0.3) is 0 Å². The van der Waals surface area contributed by atoms with E-state index in [-0.39, 0.29) is 5.60 Å². The predicted molar refractivity (Wildman–Crippen MR) is 99.1 cm³/mol. The number of ether oxygens (including phenoxy) is 2. The molecule has 0 bridgehead atoms. The summed E-state index contributed by atoms with van der Waals surface area (Å²) in [5, 5.41) is 0. The van der Waals surface area contributed by atoms with E-state index in [1.165, 1.54) is 0 Å². The number of rotatable bonds is 6. The second-order valence-electron chi connectivity index (χ2n) is 7.51. The van der Waals surface area contributed by atoms with Gasteiger partial charge in [-0.25, -0.2) is 0 Å². The lowest BCUT2D eigenvalue weighted by atomic mass is 9.78. The number of aromatic nitrogens is 1. The molecule has 0 saturated carbocycles. The first-order valence-electron chi connectivity index (χ1n) is 9.68. The smallest absolute Gasteiger partial charge is 0.137 e. The summed E-state index contributed by atoms with van der Waals surface area (Å²) in [4.78, 5) is 6.58. The van der Waals surface area contributed by atoms with Crippen LogP contribution < -0.4 is 4.74 Å². The normalized spacial score (nSPS) is 22.7. The van der Waals surface area contributed by atoms with Gasteiger partial charge in [0, 0.05) is 25.9 Å². The highest BCUT2D eigenvalue weighted by Gasteiger charge is 2.45. The van der Waals surface area contributed by atoms with Crippen molar-refractivity contribution in [2.75, 3.05) is 26.3 Å². The lowest BCUT2D eigenvalue weighted by molar-refractivity contribution is -0.0715. The van der Waals surface area contributed by atoms with Gasteiger partial charge in [-0.3, -0.25) is 9.88 Å². The number of aryl methyl sites for hydroxylation is 1. The van der Waals surface area contributed by atoms with Crippen LogP contribution in [0.3, 0.4) is 0 Å². The predicted octanol–water partition coefficient (Wildman–Crippen LogP) is 3.82. The Labute approximate surface area is 155 Å². The Bertz CT molecular complexity index is 692. The molecular weight excluding hydrogens is 328 g/mol. The van der Waals surface area contributed by atoms with Gasteiger partial charge >= 0.3 is 0 Å². The number of hydrogen-bond acceptors (Lipinski definition) is 5. The molecule has 2 fully saturated rings. The third-order valence-electron chi connectivity index (χ3n) is 5.85. The Kier molecular flexibility index (Phi) is 5.27. The van der Waals surface area contributed by atoms with Gasteiger partial charge in [-0.2, -0.15) is 0 Å².